The lowest BCUT2D eigenvalue weighted by Crippen LogP contribution is -2.37. The van der Waals surface area contributed by atoms with Gasteiger partial charge in [-0.25, -0.2) is 4.98 Å². The summed E-state index contributed by atoms with van der Waals surface area (Å²) in [5.41, 5.74) is 5.81. The van der Waals surface area contributed by atoms with E-state index < -0.39 is 0 Å². The van der Waals surface area contributed by atoms with Crippen LogP contribution in [0.2, 0.25) is 0 Å². The number of aromatic nitrogens is 2. The van der Waals surface area contributed by atoms with E-state index in [0.717, 1.165) is 19.4 Å². The fourth-order valence-electron chi connectivity index (χ4n) is 2.42. The Labute approximate surface area is 106 Å². The van der Waals surface area contributed by atoms with Crippen LogP contribution in [0.5, 0.6) is 5.75 Å². The molecule has 2 atom stereocenters. The Morgan fingerprint density at radius 2 is 2.33 bits per heavy atom. The van der Waals surface area contributed by atoms with Gasteiger partial charge in [-0.2, -0.15) is 0 Å². The molecule has 0 amide bonds. The summed E-state index contributed by atoms with van der Waals surface area (Å²) >= 11 is 0. The molecular formula is C12H20N4O2. The third-order valence-electron chi connectivity index (χ3n) is 3.51. The van der Waals surface area contributed by atoms with Gasteiger partial charge < -0.3 is 20.8 Å². The first-order valence-electron chi connectivity index (χ1n) is 6.33. The van der Waals surface area contributed by atoms with Crippen LogP contribution < -0.4 is 21.3 Å². The van der Waals surface area contributed by atoms with Crippen molar-refractivity contribution in [2.75, 3.05) is 19.0 Å². The molecule has 1 aromatic rings. The Kier molecular flexibility index (Phi) is 4.19. The van der Waals surface area contributed by atoms with Gasteiger partial charge in [-0.1, -0.05) is 12.8 Å². The van der Waals surface area contributed by atoms with Crippen LogP contribution in [0.25, 0.3) is 0 Å². The highest BCUT2D eigenvalue weighted by Crippen LogP contribution is 2.24. The summed E-state index contributed by atoms with van der Waals surface area (Å²) in [6.07, 6.45) is 6.00. The quantitative estimate of drug-likeness (QED) is 0.733. The highest BCUT2D eigenvalue weighted by molar-refractivity contribution is 5.47. The van der Waals surface area contributed by atoms with Gasteiger partial charge in [0.2, 0.25) is 5.75 Å². The number of H-pyrrole nitrogens is 1. The summed E-state index contributed by atoms with van der Waals surface area (Å²) in [7, 11) is 1.46. The number of rotatable bonds is 4. The van der Waals surface area contributed by atoms with Gasteiger partial charge in [0.15, 0.2) is 5.82 Å². The van der Waals surface area contributed by atoms with E-state index in [-0.39, 0.29) is 17.4 Å². The van der Waals surface area contributed by atoms with Crippen molar-refractivity contribution < 1.29 is 4.74 Å². The second kappa shape index (κ2) is 5.86. The van der Waals surface area contributed by atoms with Crippen LogP contribution in [0.1, 0.15) is 25.7 Å². The van der Waals surface area contributed by atoms with Gasteiger partial charge in [0.1, 0.15) is 0 Å². The molecule has 1 heterocycles. The molecule has 2 rings (SSSR count). The van der Waals surface area contributed by atoms with Crippen molar-refractivity contribution >= 4 is 5.82 Å². The molecule has 0 aromatic carbocycles. The van der Waals surface area contributed by atoms with Crippen LogP contribution in [0, 0.1) is 5.92 Å². The summed E-state index contributed by atoms with van der Waals surface area (Å²) < 4.78 is 5.04. The van der Waals surface area contributed by atoms with E-state index in [9.17, 15) is 4.79 Å². The van der Waals surface area contributed by atoms with Crippen LogP contribution in [0.15, 0.2) is 11.1 Å². The third kappa shape index (κ3) is 2.81. The molecule has 2 unspecified atom stereocenters. The molecule has 100 valence electrons. The van der Waals surface area contributed by atoms with E-state index in [0.29, 0.717) is 11.7 Å². The number of ether oxygens (including phenoxy) is 1. The van der Waals surface area contributed by atoms with Gasteiger partial charge in [-0.05, 0) is 18.8 Å². The molecule has 6 nitrogen and oxygen atoms in total. The lowest BCUT2D eigenvalue weighted by Gasteiger charge is -2.28. The molecule has 1 saturated carbocycles. The molecular weight excluding hydrogens is 232 g/mol. The fourth-order valence-corrected chi connectivity index (χ4v) is 2.42. The minimum absolute atomic E-state index is 0.224. The molecule has 4 N–H and O–H groups in total. The van der Waals surface area contributed by atoms with Crippen LogP contribution in [-0.2, 0) is 0 Å². The van der Waals surface area contributed by atoms with E-state index in [1.54, 1.807) is 0 Å². The van der Waals surface area contributed by atoms with E-state index in [2.05, 4.69) is 15.3 Å². The smallest absolute Gasteiger partial charge is 0.295 e. The van der Waals surface area contributed by atoms with Crippen LogP contribution in [0.4, 0.5) is 5.82 Å². The van der Waals surface area contributed by atoms with Gasteiger partial charge in [0, 0.05) is 12.6 Å². The van der Waals surface area contributed by atoms with Gasteiger partial charge in [-0.3, -0.25) is 4.79 Å². The summed E-state index contributed by atoms with van der Waals surface area (Å²) in [5.74, 6) is 1.14. The highest BCUT2D eigenvalue weighted by atomic mass is 16.5. The molecule has 1 aliphatic carbocycles. The van der Waals surface area contributed by atoms with Gasteiger partial charge >= 0.3 is 0 Å². The number of methoxy groups -OCH3 is 1. The molecule has 1 fully saturated rings. The van der Waals surface area contributed by atoms with Gasteiger partial charge in [0.25, 0.3) is 5.56 Å². The molecule has 1 aromatic heterocycles. The average molecular weight is 252 g/mol. The lowest BCUT2D eigenvalue weighted by molar-refractivity contribution is 0.320. The number of aromatic amines is 1. The zero-order valence-electron chi connectivity index (χ0n) is 10.6. The first-order chi connectivity index (χ1) is 8.72. The molecule has 0 saturated heterocycles. The number of nitrogens with zero attached hydrogens (tertiary/aromatic N) is 1. The Morgan fingerprint density at radius 1 is 1.56 bits per heavy atom. The minimum Gasteiger partial charge on any atom is -0.489 e. The summed E-state index contributed by atoms with van der Waals surface area (Å²) in [6.45, 7) is 0.730. The minimum atomic E-state index is -0.275. The number of hydrogen-bond donors (Lipinski definition) is 3. The van der Waals surface area contributed by atoms with Crippen molar-refractivity contribution in [1.82, 2.24) is 9.97 Å². The van der Waals surface area contributed by atoms with Crippen molar-refractivity contribution in [3.8, 4) is 5.75 Å². The van der Waals surface area contributed by atoms with Crippen molar-refractivity contribution in [2.24, 2.45) is 11.7 Å². The SMILES string of the molecule is COc1c(NCC2CCCCC2N)nc[nH]c1=O. The Morgan fingerprint density at radius 3 is 3.06 bits per heavy atom. The monoisotopic (exact) mass is 252 g/mol. The van der Waals surface area contributed by atoms with Crippen LogP contribution in [0.3, 0.4) is 0 Å². The number of anilines is 1. The van der Waals surface area contributed by atoms with Crippen molar-refractivity contribution in [3.63, 3.8) is 0 Å². The third-order valence-corrected chi connectivity index (χ3v) is 3.51. The predicted molar refractivity (Wildman–Crippen MR) is 69.8 cm³/mol. The van der Waals surface area contributed by atoms with E-state index in [4.69, 9.17) is 10.5 Å². The normalized spacial score (nSPS) is 23.7. The first kappa shape index (κ1) is 12.9. The second-order valence-corrected chi connectivity index (χ2v) is 4.70. The lowest BCUT2D eigenvalue weighted by atomic mass is 9.85. The molecule has 0 spiro atoms. The Bertz CT molecular complexity index is 446. The second-order valence-electron chi connectivity index (χ2n) is 4.70. The number of nitrogens with two attached hydrogens (primary N) is 1. The molecule has 0 bridgehead atoms. The summed E-state index contributed by atoms with van der Waals surface area (Å²) in [5, 5.41) is 3.17. The van der Waals surface area contributed by atoms with E-state index in [1.807, 2.05) is 0 Å². The molecule has 1 aliphatic rings. The van der Waals surface area contributed by atoms with Crippen molar-refractivity contribution in [1.29, 1.82) is 0 Å². The van der Waals surface area contributed by atoms with E-state index >= 15 is 0 Å². The van der Waals surface area contributed by atoms with Crippen molar-refractivity contribution in [2.45, 2.75) is 31.7 Å². The summed E-state index contributed by atoms with van der Waals surface area (Å²) in [6, 6.07) is 0.235. The molecule has 6 heteroatoms. The standard InChI is InChI=1S/C12H20N4O2/c1-18-10-11(15-7-16-12(10)17)14-6-8-4-2-3-5-9(8)13/h7-9H,2-6,13H2,1H3,(H2,14,15,16,17). The maximum atomic E-state index is 11.5. The molecule has 18 heavy (non-hydrogen) atoms. The average Bonchev–Trinajstić information content (AvgIpc) is 2.38. The zero-order valence-corrected chi connectivity index (χ0v) is 10.6. The predicted octanol–water partition coefficient (Wildman–Crippen LogP) is 0.708. The van der Waals surface area contributed by atoms with Gasteiger partial charge in [-0.15, -0.1) is 0 Å². The Balaban J connectivity index is 2.01. The molecule has 0 aliphatic heterocycles. The van der Waals surface area contributed by atoms with Gasteiger partial charge in [0.05, 0.1) is 13.4 Å². The topological polar surface area (TPSA) is 93.0 Å². The van der Waals surface area contributed by atoms with Crippen molar-refractivity contribution in [3.05, 3.63) is 16.7 Å². The van der Waals surface area contributed by atoms with E-state index in [1.165, 1.54) is 26.3 Å². The largest absolute Gasteiger partial charge is 0.489 e. The van der Waals surface area contributed by atoms with Crippen LogP contribution >= 0.6 is 0 Å². The molecule has 0 radical (unpaired) electrons. The Hall–Kier alpha value is -1.56. The summed E-state index contributed by atoms with van der Waals surface area (Å²) in [4.78, 5) is 18.1. The zero-order chi connectivity index (χ0) is 13.0. The maximum Gasteiger partial charge on any atom is 0.295 e. The first-order valence-corrected chi connectivity index (χ1v) is 6.33. The van der Waals surface area contributed by atoms with Crippen LogP contribution in [-0.4, -0.2) is 29.7 Å². The maximum absolute atomic E-state index is 11.5. The highest BCUT2D eigenvalue weighted by Gasteiger charge is 2.22. The fraction of sp³-hybridized carbons (Fsp3) is 0.667. The number of nitrogens with one attached hydrogen (secondary N) is 2. The number of hydrogen-bond acceptors (Lipinski definition) is 5.